The van der Waals surface area contributed by atoms with Gasteiger partial charge in [-0.25, -0.2) is 9.59 Å². The summed E-state index contributed by atoms with van der Waals surface area (Å²) < 4.78 is 0. The number of aliphatic hydroxyl groups excluding tert-OH is 1. The highest BCUT2D eigenvalue weighted by Crippen LogP contribution is 2.40. The first kappa shape index (κ1) is 50.4. The maximum absolute atomic E-state index is 14.1. The monoisotopic (exact) mass is 868 g/mol. The van der Waals surface area contributed by atoms with Gasteiger partial charge >= 0.3 is 12.1 Å². The van der Waals surface area contributed by atoms with Crippen LogP contribution in [0.3, 0.4) is 0 Å². The Bertz CT molecular complexity index is 1650. The number of ketones is 1. The summed E-state index contributed by atoms with van der Waals surface area (Å²) in [5, 5.41) is 33.3. The van der Waals surface area contributed by atoms with E-state index < -0.39 is 36.1 Å². The summed E-state index contributed by atoms with van der Waals surface area (Å²) in [4.78, 5) is 79.6. The van der Waals surface area contributed by atoms with Gasteiger partial charge in [-0.15, -0.1) is 0 Å². The normalized spacial score (nSPS) is 21.1. The first-order chi connectivity index (χ1) is 29.2. The van der Waals surface area contributed by atoms with Gasteiger partial charge in [0.2, 0.25) is 17.6 Å². The van der Waals surface area contributed by atoms with Crippen molar-refractivity contribution in [3.63, 3.8) is 0 Å². The summed E-state index contributed by atoms with van der Waals surface area (Å²) in [5.41, 5.74) is 0.374. The first-order valence-electron chi connectivity index (χ1n) is 23.0. The maximum Gasteiger partial charge on any atom is 0.404 e. The smallest absolute Gasteiger partial charge is 0.404 e. The van der Waals surface area contributed by atoms with E-state index in [1.165, 1.54) is 0 Å². The average Bonchev–Trinajstić information content (AvgIpc) is 4.16. The third kappa shape index (κ3) is 17.1. The number of likely N-dealkylation sites (tertiary alicyclic amines) is 1. The highest BCUT2D eigenvalue weighted by Gasteiger charge is 2.43. The second-order valence-electron chi connectivity index (χ2n) is 20.6. The fourth-order valence-electron chi connectivity index (χ4n) is 8.38. The van der Waals surface area contributed by atoms with Gasteiger partial charge in [0, 0.05) is 51.7 Å². The Labute approximate surface area is 369 Å². The third-order valence-electron chi connectivity index (χ3n) is 13.1. The summed E-state index contributed by atoms with van der Waals surface area (Å²) in [6.07, 6.45) is 10.5. The zero-order valence-electron chi connectivity index (χ0n) is 38.5. The van der Waals surface area contributed by atoms with E-state index in [9.17, 15) is 33.9 Å². The Balaban J connectivity index is 0.000000666. The second-order valence-corrected chi connectivity index (χ2v) is 20.6. The fourth-order valence-corrected chi connectivity index (χ4v) is 8.38. The second kappa shape index (κ2) is 22.9. The largest absolute Gasteiger partial charge is 0.465 e. The lowest BCUT2D eigenvalue weighted by molar-refractivity contribution is -0.140. The SMILES string of the molecule is CN(CCCCC(=O)NC(CC1CC1)C(=O)C(=O)NC1CC1)C(=O)C(NC(=O)NC(CN1CCC(C)(C)CC1O)C(C)(C)C)C1(C)CCCCC1.O=C(O)NCc1ccccc1. The molecule has 0 bridgehead atoms. The highest BCUT2D eigenvalue weighted by molar-refractivity contribution is 6.38. The first-order valence-corrected chi connectivity index (χ1v) is 23.0. The lowest BCUT2D eigenvalue weighted by atomic mass is 9.70. The van der Waals surface area contributed by atoms with Crippen LogP contribution >= 0.6 is 0 Å². The molecule has 7 N–H and O–H groups in total. The molecule has 0 aromatic heterocycles. The Kier molecular flexibility index (Phi) is 18.6. The molecule has 62 heavy (non-hydrogen) atoms. The number of amides is 6. The number of hydrogen-bond donors (Lipinski definition) is 7. The van der Waals surface area contributed by atoms with E-state index in [2.05, 4.69) is 73.0 Å². The van der Waals surface area contributed by atoms with Gasteiger partial charge < -0.3 is 41.7 Å². The molecular formula is C47H77N7O8. The number of Topliss-reactive ketones (excluding diaryl/α,β-unsaturated/α-hetero) is 1. The average molecular weight is 868 g/mol. The Hall–Kier alpha value is -4.24. The van der Waals surface area contributed by atoms with E-state index in [1.807, 2.05) is 30.3 Å². The van der Waals surface area contributed by atoms with Gasteiger partial charge in [0.15, 0.2) is 0 Å². The van der Waals surface area contributed by atoms with Crippen molar-refractivity contribution < 1.29 is 39.0 Å². The molecule has 1 aromatic carbocycles. The molecule has 15 heteroatoms. The van der Waals surface area contributed by atoms with Crippen LogP contribution < -0.4 is 26.6 Å². The molecule has 15 nitrogen and oxygen atoms in total. The Morgan fingerprint density at radius 3 is 2.13 bits per heavy atom. The number of unbranched alkanes of at least 4 members (excludes halogenated alkanes) is 1. The van der Waals surface area contributed by atoms with Gasteiger partial charge in [0.05, 0.1) is 6.04 Å². The van der Waals surface area contributed by atoms with Crippen molar-refractivity contribution in [3.8, 4) is 0 Å². The summed E-state index contributed by atoms with van der Waals surface area (Å²) in [5.74, 6) is -1.20. The number of aliphatic hydroxyl groups is 1. The quantitative estimate of drug-likeness (QED) is 0.0672. The number of carboxylic acid groups (broad SMARTS) is 1. The van der Waals surface area contributed by atoms with E-state index in [-0.39, 0.29) is 52.6 Å². The van der Waals surface area contributed by atoms with Crippen molar-refractivity contribution in [2.75, 3.05) is 26.7 Å². The Morgan fingerprint density at radius 1 is 0.887 bits per heavy atom. The lowest BCUT2D eigenvalue weighted by Crippen LogP contribution is -2.61. The van der Waals surface area contributed by atoms with E-state index in [0.717, 1.165) is 76.3 Å². The van der Waals surface area contributed by atoms with Gasteiger partial charge in [0.25, 0.3) is 5.91 Å². The number of carbonyl (C=O) groups excluding carboxylic acids is 5. The molecule has 4 unspecified atom stereocenters. The number of benzene rings is 1. The summed E-state index contributed by atoms with van der Waals surface area (Å²) in [6.45, 7) is 14.7. The molecule has 4 fully saturated rings. The van der Waals surface area contributed by atoms with Crippen LogP contribution in [0, 0.1) is 22.2 Å². The Morgan fingerprint density at radius 2 is 1.55 bits per heavy atom. The van der Waals surface area contributed by atoms with Crippen molar-refractivity contribution >= 4 is 35.6 Å². The van der Waals surface area contributed by atoms with Crippen molar-refractivity contribution in [3.05, 3.63) is 35.9 Å². The van der Waals surface area contributed by atoms with E-state index in [0.29, 0.717) is 51.2 Å². The number of rotatable bonds is 19. The van der Waals surface area contributed by atoms with Crippen molar-refractivity contribution in [1.82, 2.24) is 36.4 Å². The molecule has 0 spiro atoms. The molecule has 348 valence electrons. The molecule has 1 saturated heterocycles. The summed E-state index contributed by atoms with van der Waals surface area (Å²) >= 11 is 0. The van der Waals surface area contributed by atoms with Gasteiger partial charge in [-0.05, 0) is 85.5 Å². The van der Waals surface area contributed by atoms with Crippen LogP contribution in [-0.2, 0) is 25.7 Å². The zero-order valence-corrected chi connectivity index (χ0v) is 38.5. The van der Waals surface area contributed by atoms with E-state index in [4.69, 9.17) is 5.11 Å². The minimum atomic E-state index is -0.992. The minimum absolute atomic E-state index is 0.0761. The molecule has 3 saturated carbocycles. The van der Waals surface area contributed by atoms with Crippen LogP contribution in [0.4, 0.5) is 9.59 Å². The number of carbonyl (C=O) groups is 6. The highest BCUT2D eigenvalue weighted by atomic mass is 16.4. The maximum atomic E-state index is 14.1. The molecule has 3 aliphatic carbocycles. The summed E-state index contributed by atoms with van der Waals surface area (Å²) in [6, 6.07) is 7.34. The van der Waals surface area contributed by atoms with E-state index in [1.54, 1.807) is 11.9 Å². The minimum Gasteiger partial charge on any atom is -0.465 e. The lowest BCUT2D eigenvalue weighted by Gasteiger charge is -2.44. The number of hydrogen-bond acceptors (Lipinski definition) is 8. The van der Waals surface area contributed by atoms with Crippen LogP contribution in [0.2, 0.25) is 0 Å². The molecule has 6 amide bonds. The third-order valence-corrected chi connectivity index (χ3v) is 13.1. The predicted molar refractivity (Wildman–Crippen MR) is 239 cm³/mol. The standard InChI is InChI=1S/C39H68N6O6.C8H9NO2/c1-37(2,3)29(25-45-22-20-38(4,5)24-31(45)47)42-36(51)43-33(39(6)18-10-8-11-19-39)35(50)44(7)21-12-9-13-30(46)41-28(23-26-14-15-26)32(48)34(49)40-27-16-17-27;10-8(11)9-6-7-4-2-1-3-5-7/h26-29,31,33,47H,8-25H2,1-7H3,(H,40,49)(H,41,46)(H2,42,43,51);1-5,9H,6H2,(H,10,11). The van der Waals surface area contributed by atoms with Crippen LogP contribution in [0.15, 0.2) is 30.3 Å². The molecule has 1 aromatic rings. The number of likely N-dealkylation sites (N-methyl/N-ethyl adjacent to an activating group) is 1. The number of nitrogens with zero attached hydrogens (tertiary/aromatic N) is 2. The van der Waals surface area contributed by atoms with Crippen LogP contribution in [0.25, 0.3) is 0 Å². The molecule has 4 atom stereocenters. The van der Waals surface area contributed by atoms with Crippen LogP contribution in [-0.4, -0.2) is 113 Å². The van der Waals surface area contributed by atoms with Gasteiger partial charge in [-0.3, -0.25) is 24.1 Å². The number of urea groups is 1. The van der Waals surface area contributed by atoms with Gasteiger partial charge in [-0.2, -0.15) is 0 Å². The van der Waals surface area contributed by atoms with Crippen molar-refractivity contribution in [2.45, 2.75) is 175 Å². The fraction of sp³-hybridized carbons (Fsp3) is 0.745. The number of nitrogens with one attached hydrogen (secondary N) is 5. The molecule has 5 rings (SSSR count). The topological polar surface area (TPSA) is 210 Å². The molecule has 1 aliphatic heterocycles. The van der Waals surface area contributed by atoms with Crippen molar-refractivity contribution in [2.24, 2.45) is 22.2 Å². The zero-order chi connectivity index (χ0) is 45.7. The number of piperidine rings is 1. The predicted octanol–water partition coefficient (Wildman–Crippen LogP) is 5.70. The molecule has 0 radical (unpaired) electrons. The summed E-state index contributed by atoms with van der Waals surface area (Å²) in [7, 11) is 1.75. The molecular weight excluding hydrogens is 791 g/mol. The van der Waals surface area contributed by atoms with Gasteiger partial charge in [0.1, 0.15) is 12.3 Å². The molecule has 4 aliphatic rings. The van der Waals surface area contributed by atoms with Gasteiger partial charge in [-0.1, -0.05) is 104 Å². The van der Waals surface area contributed by atoms with Crippen LogP contribution in [0.1, 0.15) is 143 Å². The van der Waals surface area contributed by atoms with Crippen molar-refractivity contribution in [1.29, 1.82) is 0 Å². The molecule has 1 heterocycles. The van der Waals surface area contributed by atoms with Crippen LogP contribution in [0.5, 0.6) is 0 Å². The van der Waals surface area contributed by atoms with E-state index >= 15 is 0 Å².